The molecular formula is C27H32N2O6. The van der Waals surface area contributed by atoms with Crippen molar-refractivity contribution in [1.29, 1.82) is 0 Å². The van der Waals surface area contributed by atoms with Crippen molar-refractivity contribution in [2.45, 2.75) is 26.2 Å². The van der Waals surface area contributed by atoms with Crippen molar-refractivity contribution in [2.75, 3.05) is 40.0 Å². The van der Waals surface area contributed by atoms with Gasteiger partial charge in [-0.25, -0.2) is 4.79 Å². The highest BCUT2D eigenvalue weighted by Crippen LogP contribution is 2.44. The van der Waals surface area contributed by atoms with Crippen molar-refractivity contribution >= 4 is 18.0 Å². The number of ether oxygens (including phenoxy) is 2. The van der Waals surface area contributed by atoms with Gasteiger partial charge in [0, 0.05) is 32.7 Å². The molecule has 1 fully saturated rings. The van der Waals surface area contributed by atoms with Gasteiger partial charge in [0.2, 0.25) is 5.91 Å². The number of likely N-dealkylation sites (tertiary alicyclic amines) is 1. The number of methoxy groups -OCH3 is 1. The third-order valence-corrected chi connectivity index (χ3v) is 7.11. The van der Waals surface area contributed by atoms with E-state index in [1.54, 1.807) is 18.7 Å². The van der Waals surface area contributed by atoms with Crippen LogP contribution < -0.4 is 5.32 Å². The summed E-state index contributed by atoms with van der Waals surface area (Å²) < 4.78 is 10.7. The average Bonchev–Trinajstić information content (AvgIpc) is 3.42. The minimum absolute atomic E-state index is 0.0441. The van der Waals surface area contributed by atoms with Crippen LogP contribution in [0.5, 0.6) is 0 Å². The number of carboxylic acids is 1. The van der Waals surface area contributed by atoms with Gasteiger partial charge in [0.05, 0.1) is 12.0 Å². The fourth-order valence-electron chi connectivity index (χ4n) is 5.12. The second kappa shape index (κ2) is 9.70. The molecule has 2 aromatic rings. The smallest absolute Gasteiger partial charge is 0.407 e. The normalized spacial score (nSPS) is 19.2. The van der Waals surface area contributed by atoms with Gasteiger partial charge in [-0.15, -0.1) is 0 Å². The van der Waals surface area contributed by atoms with Crippen molar-refractivity contribution in [3.63, 3.8) is 0 Å². The van der Waals surface area contributed by atoms with Crippen LogP contribution in [0.2, 0.25) is 0 Å². The molecule has 4 rings (SSSR count). The third-order valence-electron chi connectivity index (χ3n) is 7.11. The first-order chi connectivity index (χ1) is 16.7. The fourth-order valence-corrected chi connectivity index (χ4v) is 5.12. The summed E-state index contributed by atoms with van der Waals surface area (Å²) in [6.45, 7) is 4.20. The number of amides is 2. The maximum Gasteiger partial charge on any atom is 0.407 e. The van der Waals surface area contributed by atoms with Crippen LogP contribution in [0.1, 0.15) is 37.3 Å². The Hall–Kier alpha value is -3.39. The first-order valence-electron chi connectivity index (χ1n) is 11.8. The molecule has 2 aliphatic rings. The second-order valence-corrected chi connectivity index (χ2v) is 10.1. The molecule has 1 atom stereocenters. The molecule has 1 aliphatic heterocycles. The largest absolute Gasteiger partial charge is 0.481 e. The van der Waals surface area contributed by atoms with Crippen LogP contribution in [-0.4, -0.2) is 67.9 Å². The number of nitrogens with zero attached hydrogens (tertiary/aromatic N) is 1. The van der Waals surface area contributed by atoms with E-state index in [1.165, 1.54) is 7.11 Å². The number of hydrogen-bond donors (Lipinski definition) is 2. The molecule has 0 radical (unpaired) electrons. The molecule has 0 spiro atoms. The highest BCUT2D eigenvalue weighted by atomic mass is 16.5. The molecule has 2 aromatic carbocycles. The number of alkyl carbamates (subject to hydrolysis) is 1. The number of carbonyl (C=O) groups excluding carboxylic acids is 2. The standard InChI is InChI=1S/C27H32N2O6/c1-26(2,23(30)29-13-12-27(16-29,17-34-3)24(31)32)15-28-25(33)35-14-22-20-10-6-4-8-18(20)19-9-5-7-11-21(19)22/h4-11,22H,12-17H2,1-3H3,(H,28,33)(H,31,32). The van der Waals surface area contributed by atoms with E-state index in [-0.39, 0.29) is 38.1 Å². The van der Waals surface area contributed by atoms with Crippen LogP contribution >= 0.6 is 0 Å². The van der Waals surface area contributed by atoms with Crippen molar-refractivity contribution in [2.24, 2.45) is 10.8 Å². The number of aliphatic carboxylic acids is 1. The maximum absolute atomic E-state index is 13.1. The first-order valence-corrected chi connectivity index (χ1v) is 11.8. The highest BCUT2D eigenvalue weighted by Gasteiger charge is 2.48. The molecule has 8 heteroatoms. The van der Waals surface area contributed by atoms with E-state index in [2.05, 4.69) is 29.6 Å². The number of hydrogen-bond acceptors (Lipinski definition) is 5. The summed E-state index contributed by atoms with van der Waals surface area (Å²) in [6.07, 6.45) is -0.258. The summed E-state index contributed by atoms with van der Waals surface area (Å²) in [4.78, 5) is 39.0. The number of nitrogens with one attached hydrogen (secondary N) is 1. The Kier molecular flexibility index (Phi) is 6.85. The van der Waals surface area contributed by atoms with Crippen molar-refractivity contribution in [3.8, 4) is 11.1 Å². The molecule has 0 bridgehead atoms. The van der Waals surface area contributed by atoms with E-state index in [9.17, 15) is 19.5 Å². The van der Waals surface area contributed by atoms with Crippen molar-refractivity contribution < 1.29 is 29.0 Å². The summed E-state index contributed by atoms with van der Waals surface area (Å²) in [7, 11) is 1.46. The quantitative estimate of drug-likeness (QED) is 0.599. The van der Waals surface area contributed by atoms with Crippen LogP contribution in [0, 0.1) is 10.8 Å². The summed E-state index contributed by atoms with van der Waals surface area (Å²) in [5.41, 5.74) is 2.54. The molecule has 186 valence electrons. The highest BCUT2D eigenvalue weighted by molar-refractivity contribution is 5.85. The first kappa shape index (κ1) is 24.7. The van der Waals surface area contributed by atoms with Gasteiger partial charge in [-0.2, -0.15) is 0 Å². The molecular weight excluding hydrogens is 448 g/mol. The molecule has 0 aromatic heterocycles. The molecule has 2 amide bonds. The van der Waals surface area contributed by atoms with Crippen molar-refractivity contribution in [1.82, 2.24) is 10.2 Å². The lowest BCUT2D eigenvalue weighted by molar-refractivity contribution is -0.152. The van der Waals surface area contributed by atoms with Gasteiger partial charge in [0.1, 0.15) is 12.0 Å². The van der Waals surface area contributed by atoms with Crippen LogP contribution in [0.25, 0.3) is 11.1 Å². The topological polar surface area (TPSA) is 105 Å². The van der Waals surface area contributed by atoms with Gasteiger partial charge in [0.25, 0.3) is 0 Å². The minimum atomic E-state index is -1.10. The molecule has 0 saturated carbocycles. The van der Waals surface area contributed by atoms with Gasteiger partial charge in [0.15, 0.2) is 0 Å². The van der Waals surface area contributed by atoms with Gasteiger partial charge >= 0.3 is 12.1 Å². The summed E-state index contributed by atoms with van der Waals surface area (Å²) in [6, 6.07) is 16.2. The Morgan fingerprint density at radius 1 is 1.09 bits per heavy atom. The molecule has 35 heavy (non-hydrogen) atoms. The zero-order valence-corrected chi connectivity index (χ0v) is 20.4. The summed E-state index contributed by atoms with van der Waals surface area (Å²) in [5.74, 6) is -1.22. The van der Waals surface area contributed by atoms with Crippen LogP contribution in [0.4, 0.5) is 4.79 Å². The Labute approximate surface area is 205 Å². The van der Waals surface area contributed by atoms with Crippen LogP contribution in [-0.2, 0) is 19.1 Å². The third kappa shape index (κ3) is 4.75. The Morgan fingerprint density at radius 3 is 2.26 bits per heavy atom. The molecule has 8 nitrogen and oxygen atoms in total. The molecule has 1 saturated heterocycles. The Morgan fingerprint density at radius 2 is 1.69 bits per heavy atom. The molecule has 2 N–H and O–H groups in total. The van der Waals surface area contributed by atoms with Crippen LogP contribution in [0.3, 0.4) is 0 Å². The predicted octanol–water partition coefficient (Wildman–Crippen LogP) is 3.50. The summed E-state index contributed by atoms with van der Waals surface area (Å²) in [5, 5.41) is 12.4. The lowest BCUT2D eigenvalue weighted by Crippen LogP contribution is -2.48. The number of benzene rings is 2. The Balaban J connectivity index is 1.33. The van der Waals surface area contributed by atoms with Crippen LogP contribution in [0.15, 0.2) is 48.5 Å². The number of rotatable bonds is 8. The lowest BCUT2D eigenvalue weighted by Gasteiger charge is -2.30. The van der Waals surface area contributed by atoms with E-state index < -0.39 is 22.9 Å². The SMILES string of the molecule is COCC1(C(=O)O)CCN(C(=O)C(C)(C)CNC(=O)OCC2c3ccccc3-c3ccccc32)C1. The zero-order chi connectivity index (χ0) is 25.2. The van der Waals surface area contributed by atoms with Gasteiger partial charge in [-0.3, -0.25) is 9.59 Å². The van der Waals surface area contributed by atoms with E-state index >= 15 is 0 Å². The zero-order valence-electron chi connectivity index (χ0n) is 20.4. The predicted molar refractivity (Wildman–Crippen MR) is 130 cm³/mol. The van der Waals surface area contributed by atoms with Gasteiger partial charge in [-0.1, -0.05) is 48.5 Å². The van der Waals surface area contributed by atoms with E-state index in [0.717, 1.165) is 22.3 Å². The van der Waals surface area contributed by atoms with Gasteiger partial charge in [-0.05, 0) is 42.5 Å². The van der Waals surface area contributed by atoms with Gasteiger partial charge < -0.3 is 24.8 Å². The molecule has 1 unspecified atom stereocenters. The van der Waals surface area contributed by atoms with E-state index in [0.29, 0.717) is 13.0 Å². The monoisotopic (exact) mass is 480 g/mol. The average molecular weight is 481 g/mol. The second-order valence-electron chi connectivity index (χ2n) is 10.1. The van der Waals surface area contributed by atoms with E-state index in [1.807, 2.05) is 24.3 Å². The molecule has 1 aliphatic carbocycles. The minimum Gasteiger partial charge on any atom is -0.481 e. The number of fused-ring (bicyclic) bond motifs is 3. The summed E-state index contributed by atoms with van der Waals surface area (Å²) >= 11 is 0. The fraction of sp³-hybridized carbons (Fsp3) is 0.444. The lowest BCUT2D eigenvalue weighted by atomic mass is 9.88. The van der Waals surface area contributed by atoms with E-state index in [4.69, 9.17) is 9.47 Å². The number of carbonyl (C=O) groups is 3. The molecule has 1 heterocycles. The Bertz CT molecular complexity index is 1080. The van der Waals surface area contributed by atoms with Crippen molar-refractivity contribution in [3.05, 3.63) is 59.7 Å². The number of carboxylic acid groups (broad SMARTS) is 1. The maximum atomic E-state index is 13.1.